The lowest BCUT2D eigenvalue weighted by molar-refractivity contribution is -0.140. The van der Waals surface area contributed by atoms with Crippen LogP contribution in [0, 0.1) is 0 Å². The molecule has 2 atom stereocenters. The first-order valence-electron chi connectivity index (χ1n) is 12.5. The molecule has 0 radical (unpaired) electrons. The van der Waals surface area contributed by atoms with Gasteiger partial charge in [-0.15, -0.1) is 0 Å². The lowest BCUT2D eigenvalue weighted by Gasteiger charge is -2.30. The number of rotatable bonds is 10. The van der Waals surface area contributed by atoms with E-state index in [0.717, 1.165) is 28.4 Å². The third-order valence-corrected chi connectivity index (χ3v) is 7.26. The number of benzene rings is 3. The van der Waals surface area contributed by atoms with Gasteiger partial charge in [0.25, 0.3) is 5.91 Å². The van der Waals surface area contributed by atoms with Crippen LogP contribution < -0.4 is 10.2 Å². The van der Waals surface area contributed by atoms with Gasteiger partial charge in [0.1, 0.15) is 6.04 Å². The molecule has 3 amide bonds. The van der Waals surface area contributed by atoms with Gasteiger partial charge in [-0.05, 0) is 55.8 Å². The molecule has 0 aromatic heterocycles. The van der Waals surface area contributed by atoms with Crippen LogP contribution in [0.25, 0.3) is 10.8 Å². The van der Waals surface area contributed by atoms with Crippen LogP contribution >= 0.6 is 11.6 Å². The van der Waals surface area contributed by atoms with Gasteiger partial charge in [-0.1, -0.05) is 61.0 Å². The third-order valence-electron chi connectivity index (χ3n) is 6.89. The summed E-state index contributed by atoms with van der Waals surface area (Å²) in [4.78, 5) is 42.7. The molecule has 0 spiro atoms. The number of carbonyl (C=O) groups is 3. The van der Waals surface area contributed by atoms with Crippen molar-refractivity contribution >= 4 is 45.8 Å². The Bertz CT molecular complexity index is 1290. The molecule has 1 N–H and O–H groups in total. The van der Waals surface area contributed by atoms with E-state index in [9.17, 15) is 14.4 Å². The molecular formula is C29H32ClN3O3. The first kappa shape index (κ1) is 25.7. The smallest absolute Gasteiger partial charge is 0.258 e. The van der Waals surface area contributed by atoms with E-state index in [-0.39, 0.29) is 36.7 Å². The Hall–Kier alpha value is -3.38. The molecule has 0 fully saturated rings. The van der Waals surface area contributed by atoms with Gasteiger partial charge in [-0.25, -0.2) is 0 Å². The van der Waals surface area contributed by atoms with Crippen molar-refractivity contribution in [1.29, 1.82) is 0 Å². The summed E-state index contributed by atoms with van der Waals surface area (Å²) in [5.41, 5.74) is 2.37. The van der Waals surface area contributed by atoms with Crippen molar-refractivity contribution in [2.24, 2.45) is 0 Å². The zero-order valence-electron chi connectivity index (χ0n) is 21.0. The number of nitrogens with one attached hydrogen (secondary N) is 1. The minimum Gasteiger partial charge on any atom is -0.352 e. The molecular weight excluding hydrogens is 474 g/mol. The number of hydrogen-bond acceptors (Lipinski definition) is 3. The Kier molecular flexibility index (Phi) is 7.94. The molecule has 4 rings (SSSR count). The molecule has 0 saturated carbocycles. The summed E-state index contributed by atoms with van der Waals surface area (Å²) in [6.45, 7) is 6.34. The SMILES string of the molecule is CC[C@@H](C)NC(=O)[C@@H](C)N(Cc1ccccc1Cl)C(=O)CCCN1C(=O)c2cccc3cccc1c23. The van der Waals surface area contributed by atoms with E-state index in [1.54, 1.807) is 22.8 Å². The van der Waals surface area contributed by atoms with Crippen molar-refractivity contribution in [3.05, 3.63) is 76.8 Å². The molecule has 0 aliphatic carbocycles. The molecule has 36 heavy (non-hydrogen) atoms. The quantitative estimate of drug-likeness (QED) is 0.392. The van der Waals surface area contributed by atoms with Gasteiger partial charge in [0.15, 0.2) is 0 Å². The predicted molar refractivity (Wildman–Crippen MR) is 144 cm³/mol. The van der Waals surface area contributed by atoms with E-state index in [1.165, 1.54) is 0 Å². The Morgan fingerprint density at radius 2 is 1.75 bits per heavy atom. The minimum absolute atomic E-state index is 0.0164. The highest BCUT2D eigenvalue weighted by Crippen LogP contribution is 2.37. The number of hydrogen-bond donors (Lipinski definition) is 1. The Labute approximate surface area is 217 Å². The molecule has 1 aliphatic rings. The second-order valence-electron chi connectivity index (χ2n) is 9.35. The van der Waals surface area contributed by atoms with Crippen LogP contribution in [0.3, 0.4) is 0 Å². The van der Waals surface area contributed by atoms with E-state index >= 15 is 0 Å². The number of carbonyl (C=O) groups excluding carboxylic acids is 3. The summed E-state index contributed by atoms with van der Waals surface area (Å²) in [7, 11) is 0. The summed E-state index contributed by atoms with van der Waals surface area (Å²) < 4.78 is 0. The van der Waals surface area contributed by atoms with Gasteiger partial charge >= 0.3 is 0 Å². The third kappa shape index (κ3) is 5.24. The molecule has 0 saturated heterocycles. The van der Waals surface area contributed by atoms with Gasteiger partial charge in [-0.2, -0.15) is 0 Å². The van der Waals surface area contributed by atoms with E-state index in [2.05, 4.69) is 5.32 Å². The number of anilines is 1. The summed E-state index contributed by atoms with van der Waals surface area (Å²) >= 11 is 6.37. The van der Waals surface area contributed by atoms with E-state index in [1.807, 2.05) is 68.4 Å². The van der Waals surface area contributed by atoms with Crippen LogP contribution in [0.1, 0.15) is 56.0 Å². The van der Waals surface area contributed by atoms with Crippen molar-refractivity contribution in [2.75, 3.05) is 11.4 Å². The van der Waals surface area contributed by atoms with Crippen LogP contribution in [0.5, 0.6) is 0 Å². The summed E-state index contributed by atoms with van der Waals surface area (Å²) in [5.74, 6) is -0.380. The van der Waals surface area contributed by atoms with Crippen molar-refractivity contribution in [3.8, 4) is 0 Å². The summed E-state index contributed by atoms with van der Waals surface area (Å²) in [6.07, 6.45) is 1.49. The van der Waals surface area contributed by atoms with E-state index in [4.69, 9.17) is 11.6 Å². The maximum Gasteiger partial charge on any atom is 0.258 e. The fourth-order valence-corrected chi connectivity index (χ4v) is 4.79. The van der Waals surface area contributed by atoms with Crippen molar-refractivity contribution in [1.82, 2.24) is 10.2 Å². The molecule has 188 valence electrons. The highest BCUT2D eigenvalue weighted by molar-refractivity contribution is 6.31. The summed E-state index contributed by atoms with van der Waals surface area (Å²) in [5, 5.41) is 5.52. The monoisotopic (exact) mass is 505 g/mol. The van der Waals surface area contributed by atoms with E-state index in [0.29, 0.717) is 23.6 Å². The maximum absolute atomic E-state index is 13.4. The number of nitrogens with zero attached hydrogens (tertiary/aromatic N) is 2. The molecule has 3 aromatic rings. The Morgan fingerprint density at radius 1 is 1.03 bits per heavy atom. The number of amides is 3. The largest absolute Gasteiger partial charge is 0.352 e. The Balaban J connectivity index is 1.47. The van der Waals surface area contributed by atoms with Gasteiger partial charge in [-0.3, -0.25) is 14.4 Å². The van der Waals surface area contributed by atoms with Crippen molar-refractivity contribution in [3.63, 3.8) is 0 Å². The van der Waals surface area contributed by atoms with Crippen LogP contribution in [-0.2, 0) is 16.1 Å². The van der Waals surface area contributed by atoms with Crippen LogP contribution in [-0.4, -0.2) is 41.2 Å². The zero-order chi connectivity index (χ0) is 25.8. The van der Waals surface area contributed by atoms with Crippen LogP contribution in [0.2, 0.25) is 5.02 Å². The summed E-state index contributed by atoms with van der Waals surface area (Å²) in [6, 6.07) is 18.3. The van der Waals surface area contributed by atoms with Crippen LogP contribution in [0.4, 0.5) is 5.69 Å². The Morgan fingerprint density at radius 3 is 2.47 bits per heavy atom. The standard InChI is InChI=1S/C29H32ClN3O3/c1-4-19(2)31-28(35)20(3)33(18-22-10-5-6-14-24(22)30)26(34)16-9-17-32-25-15-8-12-21-11-7-13-23(27(21)25)29(32)36/h5-8,10-15,19-20H,4,9,16-18H2,1-3H3,(H,31,35)/t19-,20-/m1/s1. The van der Waals surface area contributed by atoms with E-state index < -0.39 is 6.04 Å². The first-order valence-corrected chi connectivity index (χ1v) is 12.9. The maximum atomic E-state index is 13.4. The van der Waals surface area contributed by atoms with Gasteiger partial charge < -0.3 is 15.1 Å². The molecule has 7 heteroatoms. The lowest BCUT2D eigenvalue weighted by atomic mass is 10.1. The fraction of sp³-hybridized carbons (Fsp3) is 0.345. The average molecular weight is 506 g/mol. The first-order chi connectivity index (χ1) is 17.3. The normalized spacial score (nSPS) is 14.1. The van der Waals surface area contributed by atoms with Crippen molar-refractivity contribution < 1.29 is 14.4 Å². The minimum atomic E-state index is -0.658. The fourth-order valence-electron chi connectivity index (χ4n) is 4.59. The van der Waals surface area contributed by atoms with Crippen LogP contribution in [0.15, 0.2) is 60.7 Å². The van der Waals surface area contributed by atoms with Gasteiger partial charge in [0.2, 0.25) is 11.8 Å². The second kappa shape index (κ2) is 11.1. The lowest BCUT2D eigenvalue weighted by Crippen LogP contribution is -2.49. The average Bonchev–Trinajstić information content (AvgIpc) is 3.15. The number of halogens is 1. The highest BCUT2D eigenvalue weighted by Gasteiger charge is 2.30. The zero-order valence-corrected chi connectivity index (χ0v) is 21.7. The molecule has 3 aromatic carbocycles. The van der Waals surface area contributed by atoms with Gasteiger partial charge in [0, 0.05) is 41.5 Å². The molecule has 1 heterocycles. The van der Waals surface area contributed by atoms with Crippen molar-refractivity contribution in [2.45, 2.75) is 58.7 Å². The topological polar surface area (TPSA) is 69.7 Å². The molecule has 0 unspecified atom stereocenters. The van der Waals surface area contributed by atoms with Gasteiger partial charge in [0.05, 0.1) is 5.69 Å². The molecule has 0 bridgehead atoms. The highest BCUT2D eigenvalue weighted by atomic mass is 35.5. The molecule has 1 aliphatic heterocycles. The second-order valence-corrected chi connectivity index (χ2v) is 9.76. The molecule has 6 nitrogen and oxygen atoms in total. The predicted octanol–water partition coefficient (Wildman–Crippen LogP) is 5.57.